The molecule has 1 aromatic carbocycles. The van der Waals surface area contributed by atoms with Gasteiger partial charge in [0.25, 0.3) is 0 Å². The average Bonchev–Trinajstić information content (AvgIpc) is 3.22. The molecular formula is C18H15FN2O2S2. The monoisotopic (exact) mass is 374 g/mol. The summed E-state index contributed by atoms with van der Waals surface area (Å²) in [6.45, 7) is 3.98. The molecule has 1 saturated heterocycles. The van der Waals surface area contributed by atoms with Crippen molar-refractivity contribution in [2.24, 2.45) is 4.99 Å². The van der Waals surface area contributed by atoms with Crippen LogP contribution in [0.25, 0.3) is 0 Å². The molecule has 1 atom stereocenters. The number of carbonyl (C=O) groups is 2. The minimum absolute atomic E-state index is 0.0533. The van der Waals surface area contributed by atoms with Crippen LogP contribution in [0.1, 0.15) is 16.1 Å². The van der Waals surface area contributed by atoms with Crippen LogP contribution in [0.15, 0.2) is 59.4 Å². The number of carbonyl (C=O) groups excluding carboxylic acids is 2. The predicted molar refractivity (Wildman–Crippen MR) is 100 cm³/mol. The zero-order valence-electron chi connectivity index (χ0n) is 13.2. The summed E-state index contributed by atoms with van der Waals surface area (Å²) in [7, 11) is 0. The largest absolute Gasteiger partial charge is 0.293 e. The molecule has 7 heteroatoms. The molecule has 0 bridgehead atoms. The molecule has 3 rings (SSSR count). The molecule has 2 heterocycles. The van der Waals surface area contributed by atoms with Gasteiger partial charge in [0.1, 0.15) is 5.82 Å². The van der Waals surface area contributed by atoms with E-state index in [0.717, 1.165) is 0 Å². The van der Waals surface area contributed by atoms with Crippen LogP contribution in [0.3, 0.4) is 0 Å². The van der Waals surface area contributed by atoms with Crippen LogP contribution >= 0.6 is 23.1 Å². The lowest BCUT2D eigenvalue weighted by molar-refractivity contribution is -0.125. The quantitative estimate of drug-likeness (QED) is 0.560. The fourth-order valence-corrected chi connectivity index (χ4v) is 4.20. The van der Waals surface area contributed by atoms with Gasteiger partial charge in [-0.1, -0.05) is 23.9 Å². The van der Waals surface area contributed by atoms with E-state index in [0.29, 0.717) is 22.3 Å². The number of thioether (sulfide) groups is 1. The van der Waals surface area contributed by atoms with Gasteiger partial charge < -0.3 is 0 Å². The predicted octanol–water partition coefficient (Wildman–Crippen LogP) is 4.28. The number of benzene rings is 1. The van der Waals surface area contributed by atoms with Gasteiger partial charge >= 0.3 is 0 Å². The van der Waals surface area contributed by atoms with Crippen LogP contribution in [0.2, 0.25) is 0 Å². The van der Waals surface area contributed by atoms with E-state index in [2.05, 4.69) is 11.6 Å². The van der Waals surface area contributed by atoms with Crippen molar-refractivity contribution in [1.29, 1.82) is 0 Å². The van der Waals surface area contributed by atoms with Crippen molar-refractivity contribution < 1.29 is 14.0 Å². The van der Waals surface area contributed by atoms with Crippen LogP contribution in [0.4, 0.5) is 10.1 Å². The Hall–Kier alpha value is -2.25. The number of halogens is 1. The molecule has 1 aliphatic heterocycles. The maximum absolute atomic E-state index is 13.0. The molecule has 0 aliphatic carbocycles. The van der Waals surface area contributed by atoms with Crippen molar-refractivity contribution in [3.05, 3.63) is 65.1 Å². The number of hydrogen-bond donors (Lipinski definition) is 0. The highest BCUT2D eigenvalue weighted by Gasteiger charge is 2.38. The Labute approximate surface area is 153 Å². The maximum atomic E-state index is 13.0. The summed E-state index contributed by atoms with van der Waals surface area (Å²) in [5, 5.41) is 1.83. The Morgan fingerprint density at radius 2 is 2.08 bits per heavy atom. The van der Waals surface area contributed by atoms with Gasteiger partial charge in [-0.3, -0.25) is 14.5 Å². The normalized spacial score (nSPS) is 18.8. The number of amides is 1. The summed E-state index contributed by atoms with van der Waals surface area (Å²) in [4.78, 5) is 31.5. The van der Waals surface area contributed by atoms with Gasteiger partial charge in [-0.2, -0.15) is 0 Å². The van der Waals surface area contributed by atoms with E-state index >= 15 is 0 Å². The van der Waals surface area contributed by atoms with E-state index in [1.807, 2.05) is 11.4 Å². The molecule has 2 aromatic rings. The number of ketones is 1. The number of nitrogens with zero attached hydrogens (tertiary/aromatic N) is 2. The fourth-order valence-electron chi connectivity index (χ4n) is 2.35. The number of amidine groups is 1. The minimum Gasteiger partial charge on any atom is -0.293 e. The first-order chi connectivity index (χ1) is 12.1. The molecule has 1 fully saturated rings. The van der Waals surface area contributed by atoms with Gasteiger partial charge in [0, 0.05) is 13.0 Å². The Balaban J connectivity index is 1.81. The second kappa shape index (κ2) is 7.76. The van der Waals surface area contributed by atoms with Crippen LogP contribution in [0.5, 0.6) is 0 Å². The van der Waals surface area contributed by atoms with Crippen LogP contribution < -0.4 is 0 Å². The first-order valence-corrected chi connectivity index (χ1v) is 9.34. The molecule has 1 aromatic heterocycles. The molecular weight excluding hydrogens is 359 g/mol. The third kappa shape index (κ3) is 4.05. The summed E-state index contributed by atoms with van der Waals surface area (Å²) in [5.74, 6) is -0.556. The van der Waals surface area contributed by atoms with Gasteiger partial charge in [-0.05, 0) is 35.7 Å². The highest BCUT2D eigenvalue weighted by Crippen LogP contribution is 2.32. The molecule has 0 spiro atoms. The molecule has 25 heavy (non-hydrogen) atoms. The number of Topliss-reactive ketones (excluding diaryl/α,β-unsaturated/α-hetero) is 1. The maximum Gasteiger partial charge on any atom is 0.242 e. The zero-order chi connectivity index (χ0) is 17.8. The van der Waals surface area contributed by atoms with E-state index in [4.69, 9.17) is 0 Å². The van der Waals surface area contributed by atoms with Crippen LogP contribution in [-0.4, -0.2) is 33.6 Å². The van der Waals surface area contributed by atoms with E-state index in [-0.39, 0.29) is 23.9 Å². The SMILES string of the molecule is C=CCN1C(=O)C(CC(=O)c2cccs2)SC1=Nc1ccc(F)cc1. The summed E-state index contributed by atoms with van der Waals surface area (Å²) in [6.07, 6.45) is 1.74. The van der Waals surface area contributed by atoms with Crippen molar-refractivity contribution in [2.45, 2.75) is 11.7 Å². The van der Waals surface area contributed by atoms with Crippen molar-refractivity contribution in [2.75, 3.05) is 6.54 Å². The van der Waals surface area contributed by atoms with Crippen LogP contribution in [0, 0.1) is 5.82 Å². The van der Waals surface area contributed by atoms with Crippen molar-refractivity contribution in [3.8, 4) is 0 Å². The molecule has 0 saturated carbocycles. The van der Waals surface area contributed by atoms with Gasteiger partial charge in [-0.25, -0.2) is 9.38 Å². The van der Waals surface area contributed by atoms with Crippen molar-refractivity contribution in [3.63, 3.8) is 0 Å². The lowest BCUT2D eigenvalue weighted by atomic mass is 10.1. The zero-order valence-corrected chi connectivity index (χ0v) is 14.9. The highest BCUT2D eigenvalue weighted by atomic mass is 32.2. The summed E-state index contributed by atoms with van der Waals surface area (Å²) in [5.41, 5.74) is 0.552. The fraction of sp³-hybridized carbons (Fsp3) is 0.167. The molecule has 4 nitrogen and oxygen atoms in total. The van der Waals surface area contributed by atoms with Crippen molar-refractivity contribution in [1.82, 2.24) is 4.90 Å². The topological polar surface area (TPSA) is 49.7 Å². The van der Waals surface area contributed by atoms with E-state index in [1.165, 1.54) is 40.1 Å². The van der Waals surface area contributed by atoms with E-state index < -0.39 is 5.25 Å². The Kier molecular flexibility index (Phi) is 5.45. The van der Waals surface area contributed by atoms with Gasteiger partial charge in [-0.15, -0.1) is 17.9 Å². The highest BCUT2D eigenvalue weighted by molar-refractivity contribution is 8.15. The molecule has 0 radical (unpaired) electrons. The first kappa shape index (κ1) is 17.6. The average molecular weight is 374 g/mol. The second-order valence-electron chi connectivity index (χ2n) is 5.32. The summed E-state index contributed by atoms with van der Waals surface area (Å²) in [6, 6.07) is 9.29. The molecule has 1 aliphatic rings. The number of rotatable bonds is 6. The minimum atomic E-state index is -0.506. The van der Waals surface area contributed by atoms with Gasteiger partial charge in [0.15, 0.2) is 11.0 Å². The molecule has 0 N–H and O–H groups in total. The number of hydrogen-bond acceptors (Lipinski definition) is 5. The van der Waals surface area contributed by atoms with E-state index in [9.17, 15) is 14.0 Å². The molecule has 128 valence electrons. The third-order valence-electron chi connectivity index (χ3n) is 3.55. The summed E-state index contributed by atoms with van der Waals surface area (Å²) >= 11 is 2.63. The molecule has 1 unspecified atom stereocenters. The lowest BCUT2D eigenvalue weighted by Crippen LogP contribution is -2.32. The second-order valence-corrected chi connectivity index (χ2v) is 7.44. The molecule has 1 amide bonds. The lowest BCUT2D eigenvalue weighted by Gasteiger charge is -2.13. The van der Waals surface area contributed by atoms with Crippen molar-refractivity contribution >= 4 is 45.6 Å². The van der Waals surface area contributed by atoms with E-state index in [1.54, 1.807) is 24.3 Å². The standard InChI is InChI=1S/C18H15FN2O2S2/c1-2-9-21-17(23)16(11-14(22)15-4-3-10-24-15)25-18(21)20-13-7-5-12(19)6-8-13/h2-8,10,16H,1,9,11H2. The Morgan fingerprint density at radius 1 is 1.32 bits per heavy atom. The Bertz CT molecular complexity index is 816. The smallest absolute Gasteiger partial charge is 0.242 e. The number of thiophene rings is 1. The number of aliphatic imine (C=N–C) groups is 1. The first-order valence-electron chi connectivity index (χ1n) is 7.58. The Morgan fingerprint density at radius 3 is 2.72 bits per heavy atom. The summed E-state index contributed by atoms with van der Waals surface area (Å²) < 4.78 is 13.0. The van der Waals surface area contributed by atoms with Crippen LogP contribution in [-0.2, 0) is 4.79 Å². The third-order valence-corrected chi connectivity index (χ3v) is 5.64. The van der Waals surface area contributed by atoms with Gasteiger partial charge in [0.2, 0.25) is 5.91 Å². The van der Waals surface area contributed by atoms with Gasteiger partial charge in [0.05, 0.1) is 15.8 Å².